The Bertz CT molecular complexity index is 461. The number of allylic oxidation sites excluding steroid dienone is 1. The van der Waals surface area contributed by atoms with E-state index in [4.69, 9.17) is 0 Å². The molecule has 1 unspecified atom stereocenters. The van der Waals surface area contributed by atoms with Crippen molar-refractivity contribution in [1.82, 2.24) is 0 Å². The molecule has 0 spiro atoms. The van der Waals surface area contributed by atoms with Crippen LogP contribution in [0.15, 0.2) is 36.6 Å². The largest absolute Gasteiger partial charge is 0.448 e. The van der Waals surface area contributed by atoms with Gasteiger partial charge < -0.3 is 9.42 Å². The molecular weight excluding hydrogens is 227 g/mol. The second kappa shape index (κ2) is 4.64. The summed E-state index contributed by atoms with van der Waals surface area (Å²) in [6, 6.07) is 6.35. The van der Waals surface area contributed by atoms with Crippen molar-refractivity contribution in [3.63, 3.8) is 0 Å². The van der Waals surface area contributed by atoms with E-state index in [2.05, 4.69) is 11.1 Å². The van der Waals surface area contributed by atoms with Crippen molar-refractivity contribution in [2.45, 2.75) is 13.8 Å². The monoisotopic (exact) mass is 240 g/mol. The van der Waals surface area contributed by atoms with Crippen LogP contribution in [0.3, 0.4) is 0 Å². The first-order valence-electron chi connectivity index (χ1n) is 4.62. The lowest BCUT2D eigenvalue weighted by Gasteiger charge is -2.11. The number of aryl methyl sites for hydroxylation is 1. The predicted octanol–water partition coefficient (Wildman–Crippen LogP) is 2.87. The number of rotatable bonds is 4. The summed E-state index contributed by atoms with van der Waals surface area (Å²) in [7, 11) is -4.32. The zero-order valence-electron chi connectivity index (χ0n) is 9.14. The average molecular weight is 240 g/mol. The van der Waals surface area contributed by atoms with Gasteiger partial charge in [-0.15, -0.1) is 0 Å². The standard InChI is InChI=1S/C11H13O4P/c1-8(2)15-16(13,14)11(12)10-6-4-9(3)5-7-10/h4-7H,1H2,2-3H3,(H,13,14). The van der Waals surface area contributed by atoms with Gasteiger partial charge in [-0.1, -0.05) is 36.4 Å². The van der Waals surface area contributed by atoms with E-state index in [1.807, 2.05) is 6.92 Å². The number of hydrogen-bond donors (Lipinski definition) is 1. The number of carbonyl (C=O) groups is 1. The van der Waals surface area contributed by atoms with E-state index < -0.39 is 13.1 Å². The molecule has 0 aromatic heterocycles. The van der Waals surface area contributed by atoms with Crippen LogP contribution in [0.1, 0.15) is 22.8 Å². The zero-order valence-corrected chi connectivity index (χ0v) is 10.0. The third kappa shape index (κ3) is 3.05. The Kier molecular flexibility index (Phi) is 3.68. The van der Waals surface area contributed by atoms with Gasteiger partial charge in [-0.25, -0.2) is 4.57 Å². The molecule has 86 valence electrons. The van der Waals surface area contributed by atoms with Gasteiger partial charge in [0.05, 0.1) is 5.76 Å². The highest BCUT2D eigenvalue weighted by molar-refractivity contribution is 7.71. The Morgan fingerprint density at radius 2 is 1.88 bits per heavy atom. The second-order valence-electron chi connectivity index (χ2n) is 3.48. The van der Waals surface area contributed by atoms with Gasteiger partial charge in [0.15, 0.2) is 0 Å². The third-order valence-corrected chi connectivity index (χ3v) is 3.17. The van der Waals surface area contributed by atoms with Gasteiger partial charge in [0.25, 0.3) is 5.52 Å². The van der Waals surface area contributed by atoms with E-state index >= 15 is 0 Å². The van der Waals surface area contributed by atoms with Crippen LogP contribution in [0.25, 0.3) is 0 Å². The minimum Gasteiger partial charge on any atom is -0.425 e. The van der Waals surface area contributed by atoms with Crippen LogP contribution < -0.4 is 0 Å². The fourth-order valence-corrected chi connectivity index (χ4v) is 2.09. The van der Waals surface area contributed by atoms with Gasteiger partial charge in [-0.05, 0) is 13.8 Å². The Balaban J connectivity index is 2.98. The van der Waals surface area contributed by atoms with Crippen LogP contribution >= 0.6 is 7.60 Å². The van der Waals surface area contributed by atoms with Crippen LogP contribution in [0.2, 0.25) is 0 Å². The smallest absolute Gasteiger partial charge is 0.425 e. The normalized spacial score (nSPS) is 13.9. The summed E-state index contributed by atoms with van der Waals surface area (Å²) in [5, 5.41) is 0. The molecule has 0 bridgehead atoms. The predicted molar refractivity (Wildman–Crippen MR) is 61.2 cm³/mol. The fraction of sp³-hybridized carbons (Fsp3) is 0.182. The summed E-state index contributed by atoms with van der Waals surface area (Å²) in [4.78, 5) is 21.0. The van der Waals surface area contributed by atoms with E-state index in [-0.39, 0.29) is 11.3 Å². The number of carbonyl (C=O) groups excluding carboxylic acids is 1. The molecule has 1 aromatic rings. The van der Waals surface area contributed by atoms with Crippen LogP contribution in [0, 0.1) is 6.92 Å². The van der Waals surface area contributed by atoms with Gasteiger partial charge >= 0.3 is 7.60 Å². The minimum absolute atomic E-state index is 0.0336. The van der Waals surface area contributed by atoms with Gasteiger partial charge in [0, 0.05) is 5.56 Å². The third-order valence-electron chi connectivity index (χ3n) is 1.83. The summed E-state index contributed by atoms with van der Waals surface area (Å²) < 4.78 is 16.1. The highest BCUT2D eigenvalue weighted by Crippen LogP contribution is 2.47. The lowest BCUT2D eigenvalue weighted by Crippen LogP contribution is -2.02. The molecule has 0 fully saturated rings. The van der Waals surface area contributed by atoms with Crippen molar-refractivity contribution < 1.29 is 18.8 Å². The molecule has 0 saturated heterocycles. The molecule has 4 nitrogen and oxygen atoms in total. The SMILES string of the molecule is C=C(C)OP(=O)(O)C(=O)c1ccc(C)cc1. The van der Waals surface area contributed by atoms with E-state index in [0.717, 1.165) is 5.56 Å². The van der Waals surface area contributed by atoms with Crippen molar-refractivity contribution in [2.75, 3.05) is 0 Å². The molecule has 0 aliphatic carbocycles. The summed E-state index contributed by atoms with van der Waals surface area (Å²) in [5.41, 5.74) is 0.193. The van der Waals surface area contributed by atoms with Gasteiger partial charge in [0.2, 0.25) is 0 Å². The molecule has 0 heterocycles. The van der Waals surface area contributed by atoms with Crippen LogP contribution in [0.4, 0.5) is 0 Å². The summed E-state index contributed by atoms with van der Waals surface area (Å²) in [6.45, 7) is 6.59. The molecule has 1 N–H and O–H groups in total. The molecule has 0 saturated carbocycles. The molecule has 0 radical (unpaired) electrons. The summed E-state index contributed by atoms with van der Waals surface area (Å²) >= 11 is 0. The molecule has 0 aliphatic rings. The molecule has 1 aromatic carbocycles. The van der Waals surface area contributed by atoms with Crippen LogP contribution in [-0.4, -0.2) is 10.4 Å². The quantitative estimate of drug-likeness (QED) is 0.649. The molecule has 5 heteroatoms. The number of hydrogen-bond acceptors (Lipinski definition) is 3. The van der Waals surface area contributed by atoms with Gasteiger partial charge in [-0.3, -0.25) is 4.79 Å². The Morgan fingerprint density at radius 1 is 1.38 bits per heavy atom. The Hall–Kier alpha value is -1.38. The fourth-order valence-electron chi connectivity index (χ4n) is 1.11. The van der Waals surface area contributed by atoms with Crippen molar-refractivity contribution in [1.29, 1.82) is 0 Å². The van der Waals surface area contributed by atoms with E-state index in [0.29, 0.717) is 0 Å². The van der Waals surface area contributed by atoms with Crippen molar-refractivity contribution in [3.05, 3.63) is 47.7 Å². The van der Waals surface area contributed by atoms with Crippen molar-refractivity contribution >= 4 is 13.1 Å². The van der Waals surface area contributed by atoms with Crippen LogP contribution in [-0.2, 0) is 9.09 Å². The molecule has 0 aliphatic heterocycles. The number of benzene rings is 1. The lowest BCUT2D eigenvalue weighted by atomic mass is 10.2. The van der Waals surface area contributed by atoms with Crippen LogP contribution in [0.5, 0.6) is 0 Å². The molecule has 1 rings (SSSR count). The summed E-state index contributed by atoms with van der Waals surface area (Å²) in [5.74, 6) is 0.0336. The Morgan fingerprint density at radius 3 is 2.31 bits per heavy atom. The van der Waals surface area contributed by atoms with E-state index in [9.17, 15) is 14.3 Å². The topological polar surface area (TPSA) is 63.6 Å². The average Bonchev–Trinajstić information content (AvgIpc) is 2.16. The second-order valence-corrected chi connectivity index (χ2v) is 5.11. The van der Waals surface area contributed by atoms with Gasteiger partial charge in [-0.2, -0.15) is 0 Å². The summed E-state index contributed by atoms with van der Waals surface area (Å²) in [6.07, 6.45) is 0. The molecular formula is C11H13O4P. The molecule has 1 atom stereocenters. The van der Waals surface area contributed by atoms with Gasteiger partial charge in [0.1, 0.15) is 0 Å². The minimum atomic E-state index is -4.32. The maximum Gasteiger partial charge on any atom is 0.448 e. The highest BCUT2D eigenvalue weighted by Gasteiger charge is 2.32. The highest BCUT2D eigenvalue weighted by atomic mass is 31.2. The Labute approximate surface area is 94.1 Å². The molecule has 16 heavy (non-hydrogen) atoms. The first-order valence-corrected chi connectivity index (χ1v) is 6.20. The first-order chi connectivity index (χ1) is 7.33. The first kappa shape index (κ1) is 12.7. The van der Waals surface area contributed by atoms with E-state index in [1.165, 1.54) is 19.1 Å². The maximum absolute atomic E-state index is 11.6. The van der Waals surface area contributed by atoms with Crippen molar-refractivity contribution in [3.8, 4) is 0 Å². The molecule has 0 amide bonds. The van der Waals surface area contributed by atoms with Crippen molar-refractivity contribution in [2.24, 2.45) is 0 Å². The maximum atomic E-state index is 11.6. The van der Waals surface area contributed by atoms with E-state index in [1.54, 1.807) is 12.1 Å². The zero-order chi connectivity index (χ0) is 12.3. The lowest BCUT2D eigenvalue weighted by molar-refractivity contribution is 0.103.